The van der Waals surface area contributed by atoms with Crippen molar-refractivity contribution in [2.24, 2.45) is 0 Å². The van der Waals surface area contributed by atoms with Gasteiger partial charge in [0, 0.05) is 19.5 Å². The van der Waals surface area contributed by atoms with Crippen molar-refractivity contribution in [1.82, 2.24) is 25.3 Å². The molecule has 4 rings (SSSR count). The van der Waals surface area contributed by atoms with E-state index in [-0.39, 0.29) is 16.9 Å². The molecule has 186 valence electrons. The number of ether oxygens (including phenoxy) is 2. The average Bonchev–Trinajstić information content (AvgIpc) is 3.57. The van der Waals surface area contributed by atoms with E-state index in [1.54, 1.807) is 31.5 Å². The highest BCUT2D eigenvalue weighted by Gasteiger charge is 2.36. The minimum absolute atomic E-state index is 0.102. The molecule has 0 spiro atoms. The Kier molecular flexibility index (Phi) is 7.28. The molecule has 1 amide bonds. The average molecular weight is 519 g/mol. The predicted molar refractivity (Wildman–Crippen MR) is 131 cm³/mol. The molecule has 0 aliphatic heterocycles. The van der Waals surface area contributed by atoms with Crippen molar-refractivity contribution < 1.29 is 22.7 Å². The van der Waals surface area contributed by atoms with Crippen molar-refractivity contribution in [3.63, 3.8) is 0 Å². The first-order valence-electron chi connectivity index (χ1n) is 10.9. The summed E-state index contributed by atoms with van der Waals surface area (Å²) in [6, 6.07) is 3.17. The van der Waals surface area contributed by atoms with Crippen LogP contribution < -0.4 is 14.8 Å². The standard InChI is InChI=1S/C22H26N6O5S2/c1-4-33-19-12-23-10-16(26-19)17-11-25-21(34-17)20(29)27-22(2,13-32-3)18-9-14(7-8-24-18)28-35(30,31)15-5-6-15/h7-12,15H,4-6,13H2,1-3H3,(H,24,28)(H,27,29). The maximum Gasteiger partial charge on any atom is 0.281 e. The van der Waals surface area contributed by atoms with E-state index in [0.717, 1.165) is 11.3 Å². The summed E-state index contributed by atoms with van der Waals surface area (Å²) in [6.45, 7) is 4.17. The Morgan fingerprint density at radius 2 is 2.06 bits per heavy atom. The van der Waals surface area contributed by atoms with Crippen molar-refractivity contribution in [3.05, 3.63) is 47.6 Å². The lowest BCUT2D eigenvalue weighted by atomic mass is 9.97. The molecule has 3 heterocycles. The molecule has 0 saturated heterocycles. The smallest absolute Gasteiger partial charge is 0.281 e. The number of aromatic nitrogens is 4. The Hall–Kier alpha value is -3.16. The van der Waals surface area contributed by atoms with Gasteiger partial charge in [-0.2, -0.15) is 0 Å². The minimum Gasteiger partial charge on any atom is -0.477 e. The molecule has 1 aliphatic carbocycles. The quantitative estimate of drug-likeness (QED) is 0.391. The van der Waals surface area contributed by atoms with E-state index in [2.05, 4.69) is 30.0 Å². The molecular formula is C22H26N6O5S2. The summed E-state index contributed by atoms with van der Waals surface area (Å²) in [5, 5.41) is 2.79. The van der Waals surface area contributed by atoms with Gasteiger partial charge in [0.2, 0.25) is 15.9 Å². The fourth-order valence-corrected chi connectivity index (χ4v) is 5.51. The molecule has 2 N–H and O–H groups in total. The lowest BCUT2D eigenvalue weighted by Crippen LogP contribution is -2.47. The molecule has 3 aromatic rings. The highest BCUT2D eigenvalue weighted by Crippen LogP contribution is 2.31. The Morgan fingerprint density at radius 3 is 2.77 bits per heavy atom. The van der Waals surface area contributed by atoms with Crippen LogP contribution in [0.15, 0.2) is 36.9 Å². The van der Waals surface area contributed by atoms with Gasteiger partial charge in [-0.3, -0.25) is 19.5 Å². The number of methoxy groups -OCH3 is 1. The molecule has 13 heteroatoms. The minimum atomic E-state index is -3.44. The van der Waals surface area contributed by atoms with Crippen LogP contribution in [0, 0.1) is 0 Å². The van der Waals surface area contributed by atoms with Gasteiger partial charge in [0.05, 0.1) is 47.1 Å². The number of thiazole rings is 1. The van der Waals surface area contributed by atoms with Crippen LogP contribution in [-0.4, -0.2) is 59.8 Å². The second kappa shape index (κ2) is 10.2. The first-order valence-corrected chi connectivity index (χ1v) is 13.3. The van der Waals surface area contributed by atoms with Crippen LogP contribution in [0.2, 0.25) is 0 Å². The number of pyridine rings is 1. The van der Waals surface area contributed by atoms with Crippen LogP contribution in [0.1, 0.15) is 42.2 Å². The summed E-state index contributed by atoms with van der Waals surface area (Å²) >= 11 is 1.16. The monoisotopic (exact) mass is 518 g/mol. The fourth-order valence-electron chi connectivity index (χ4n) is 3.37. The van der Waals surface area contributed by atoms with Gasteiger partial charge in [-0.1, -0.05) is 0 Å². The molecule has 11 nitrogen and oxygen atoms in total. The van der Waals surface area contributed by atoms with Crippen LogP contribution in [0.3, 0.4) is 0 Å². The van der Waals surface area contributed by atoms with Gasteiger partial charge in [0.1, 0.15) is 11.2 Å². The summed E-state index contributed by atoms with van der Waals surface area (Å²) in [4.78, 5) is 30.9. The van der Waals surface area contributed by atoms with Crippen LogP contribution >= 0.6 is 11.3 Å². The van der Waals surface area contributed by atoms with E-state index in [9.17, 15) is 13.2 Å². The van der Waals surface area contributed by atoms with Crippen molar-refractivity contribution in [2.75, 3.05) is 25.0 Å². The SMILES string of the molecule is CCOc1cncc(-c2cnc(C(=O)NC(C)(COC)c3cc(NS(=O)(=O)C4CC4)ccn3)s2)n1. The molecule has 0 radical (unpaired) electrons. The fraction of sp³-hybridized carbons (Fsp3) is 0.409. The number of anilines is 1. The zero-order valence-corrected chi connectivity index (χ0v) is 21.1. The summed E-state index contributed by atoms with van der Waals surface area (Å²) in [5.41, 5.74) is 0.316. The number of nitrogens with one attached hydrogen (secondary N) is 2. The number of carbonyl (C=O) groups excluding carboxylic acids is 1. The first-order chi connectivity index (χ1) is 16.7. The number of carbonyl (C=O) groups is 1. The van der Waals surface area contributed by atoms with E-state index < -0.39 is 21.5 Å². The van der Waals surface area contributed by atoms with Gasteiger partial charge < -0.3 is 14.8 Å². The third kappa shape index (κ3) is 5.92. The third-order valence-electron chi connectivity index (χ3n) is 5.23. The van der Waals surface area contributed by atoms with E-state index >= 15 is 0 Å². The summed E-state index contributed by atoms with van der Waals surface area (Å²) in [7, 11) is -1.93. The number of sulfonamides is 1. The number of hydrogen-bond acceptors (Lipinski definition) is 10. The largest absolute Gasteiger partial charge is 0.477 e. The van der Waals surface area contributed by atoms with Crippen LogP contribution in [-0.2, 0) is 20.3 Å². The van der Waals surface area contributed by atoms with E-state index in [0.29, 0.717) is 47.3 Å². The highest BCUT2D eigenvalue weighted by atomic mass is 32.2. The normalized spacial score (nSPS) is 15.3. The molecule has 0 aromatic carbocycles. The Bertz CT molecular complexity index is 1310. The summed E-state index contributed by atoms with van der Waals surface area (Å²) in [5.74, 6) is -0.0409. The maximum absolute atomic E-state index is 13.1. The van der Waals surface area contributed by atoms with E-state index in [4.69, 9.17) is 9.47 Å². The Balaban J connectivity index is 1.54. The second-order valence-electron chi connectivity index (χ2n) is 8.20. The van der Waals surface area contributed by atoms with Crippen LogP contribution in [0.4, 0.5) is 5.69 Å². The molecule has 1 atom stereocenters. The molecule has 1 fully saturated rings. The lowest BCUT2D eigenvalue weighted by Gasteiger charge is -2.29. The number of nitrogens with zero attached hydrogens (tertiary/aromatic N) is 4. The topological polar surface area (TPSA) is 145 Å². The zero-order valence-electron chi connectivity index (χ0n) is 19.5. The van der Waals surface area contributed by atoms with Crippen molar-refractivity contribution in [3.8, 4) is 16.5 Å². The molecule has 1 saturated carbocycles. The van der Waals surface area contributed by atoms with E-state index in [1.165, 1.54) is 19.5 Å². The molecular weight excluding hydrogens is 492 g/mol. The zero-order chi connectivity index (χ0) is 25.1. The first kappa shape index (κ1) is 24.9. The second-order valence-corrected chi connectivity index (χ2v) is 11.2. The van der Waals surface area contributed by atoms with Crippen molar-refractivity contribution in [1.29, 1.82) is 0 Å². The van der Waals surface area contributed by atoms with Gasteiger partial charge in [0.15, 0.2) is 5.01 Å². The summed E-state index contributed by atoms with van der Waals surface area (Å²) in [6.07, 6.45) is 7.45. The number of hydrogen-bond donors (Lipinski definition) is 2. The van der Waals surface area contributed by atoms with Gasteiger partial charge >= 0.3 is 0 Å². The molecule has 3 aromatic heterocycles. The van der Waals surface area contributed by atoms with Crippen molar-refractivity contribution in [2.45, 2.75) is 37.5 Å². The van der Waals surface area contributed by atoms with Crippen LogP contribution in [0.25, 0.3) is 10.6 Å². The number of amides is 1. The third-order valence-corrected chi connectivity index (χ3v) is 8.12. The Morgan fingerprint density at radius 1 is 1.26 bits per heavy atom. The maximum atomic E-state index is 13.1. The van der Waals surface area contributed by atoms with Crippen molar-refractivity contribution >= 4 is 33.0 Å². The van der Waals surface area contributed by atoms with Crippen LogP contribution in [0.5, 0.6) is 5.88 Å². The van der Waals surface area contributed by atoms with Gasteiger partial charge in [-0.05, 0) is 38.8 Å². The molecule has 1 aliphatic rings. The Labute approximate surface area is 207 Å². The highest BCUT2D eigenvalue weighted by molar-refractivity contribution is 7.93. The molecule has 0 bridgehead atoms. The predicted octanol–water partition coefficient (Wildman–Crippen LogP) is 2.59. The molecule has 35 heavy (non-hydrogen) atoms. The van der Waals surface area contributed by atoms with Gasteiger partial charge in [-0.15, -0.1) is 11.3 Å². The number of rotatable bonds is 11. The lowest BCUT2D eigenvalue weighted by molar-refractivity contribution is 0.0777. The summed E-state index contributed by atoms with van der Waals surface area (Å²) < 4.78 is 38.0. The van der Waals surface area contributed by atoms with Gasteiger partial charge in [-0.25, -0.2) is 18.4 Å². The van der Waals surface area contributed by atoms with Gasteiger partial charge in [0.25, 0.3) is 5.91 Å². The molecule has 1 unspecified atom stereocenters. The van der Waals surface area contributed by atoms with E-state index in [1.807, 2.05) is 6.92 Å².